The summed E-state index contributed by atoms with van der Waals surface area (Å²) in [6, 6.07) is 5.76. The van der Waals surface area contributed by atoms with E-state index in [9.17, 15) is 9.59 Å². The number of ether oxygens (including phenoxy) is 2. The number of benzene rings is 1. The molecule has 9 heteroatoms. The third-order valence-electron chi connectivity index (χ3n) is 3.61. The molecule has 0 aromatic heterocycles. The quantitative estimate of drug-likeness (QED) is 0.656. The fourth-order valence-corrected chi connectivity index (χ4v) is 3.19. The maximum absolute atomic E-state index is 11.5. The van der Waals surface area contributed by atoms with Gasteiger partial charge in [-0.25, -0.2) is 0 Å². The number of hydrogen-bond acceptors (Lipinski definition) is 7. The first kappa shape index (κ1) is 17.2. The molecule has 2 aliphatic heterocycles. The van der Waals surface area contributed by atoms with Gasteiger partial charge < -0.3 is 19.9 Å². The highest BCUT2D eigenvalue weighted by Gasteiger charge is 2.29. The van der Waals surface area contributed by atoms with Crippen molar-refractivity contribution in [2.24, 2.45) is 5.10 Å². The van der Waals surface area contributed by atoms with Crippen LogP contribution in [0.15, 0.2) is 35.6 Å². The van der Waals surface area contributed by atoms with Crippen LogP contribution in [0.4, 0.5) is 0 Å². The van der Waals surface area contributed by atoms with Gasteiger partial charge in [0.05, 0.1) is 0 Å². The minimum Gasteiger partial charge on any atom is -0.480 e. The van der Waals surface area contributed by atoms with Crippen molar-refractivity contribution in [1.82, 2.24) is 10.7 Å². The lowest BCUT2D eigenvalue weighted by Crippen LogP contribution is -2.40. The van der Waals surface area contributed by atoms with E-state index in [1.54, 1.807) is 0 Å². The van der Waals surface area contributed by atoms with Gasteiger partial charge >= 0.3 is 5.97 Å². The van der Waals surface area contributed by atoms with E-state index in [4.69, 9.17) is 14.6 Å². The molecular weight excluding hydrogens is 346 g/mol. The maximum Gasteiger partial charge on any atom is 0.317 e. The zero-order valence-corrected chi connectivity index (χ0v) is 14.1. The third-order valence-corrected chi connectivity index (χ3v) is 4.68. The molecule has 2 heterocycles. The normalized spacial score (nSPS) is 20.2. The Kier molecular flexibility index (Phi) is 5.13. The topological polar surface area (TPSA) is 109 Å². The van der Waals surface area contributed by atoms with Gasteiger partial charge in [0.2, 0.25) is 12.7 Å². The van der Waals surface area contributed by atoms with E-state index < -0.39 is 11.2 Å². The van der Waals surface area contributed by atoms with Crippen LogP contribution < -0.4 is 20.2 Å². The maximum atomic E-state index is 11.5. The van der Waals surface area contributed by atoms with Crippen molar-refractivity contribution in [3.8, 4) is 11.5 Å². The van der Waals surface area contributed by atoms with E-state index in [0.29, 0.717) is 12.1 Å². The summed E-state index contributed by atoms with van der Waals surface area (Å²) in [5, 5.41) is 15.0. The van der Waals surface area contributed by atoms with Crippen LogP contribution in [-0.2, 0) is 16.0 Å². The minimum atomic E-state index is -1.03. The van der Waals surface area contributed by atoms with Crippen LogP contribution in [0.1, 0.15) is 18.4 Å². The second kappa shape index (κ2) is 7.47. The van der Waals surface area contributed by atoms with Gasteiger partial charge in [0, 0.05) is 12.1 Å². The minimum absolute atomic E-state index is 0.0654. The zero-order chi connectivity index (χ0) is 17.8. The number of carboxylic acids is 1. The number of hydrazone groups is 1. The lowest BCUT2D eigenvalue weighted by Gasteiger charge is -2.19. The summed E-state index contributed by atoms with van der Waals surface area (Å²) in [5.41, 5.74) is 4.49. The predicted molar refractivity (Wildman–Crippen MR) is 92.4 cm³/mol. The van der Waals surface area contributed by atoms with Crippen molar-refractivity contribution in [1.29, 1.82) is 0 Å². The van der Waals surface area contributed by atoms with Gasteiger partial charge in [-0.1, -0.05) is 24.4 Å². The van der Waals surface area contributed by atoms with Gasteiger partial charge in [0.1, 0.15) is 5.25 Å². The molecule has 0 radical (unpaired) electrons. The van der Waals surface area contributed by atoms with Gasteiger partial charge in [-0.2, -0.15) is 5.10 Å². The average molecular weight is 363 g/mol. The summed E-state index contributed by atoms with van der Waals surface area (Å²) in [7, 11) is 0. The molecule has 0 spiro atoms. The SMILES string of the molecule is C=C(CCc1ccc2c(c1)OCO2)NN=C1NC(=O)CC(C(=O)O)S1. The Labute approximate surface area is 148 Å². The molecule has 3 rings (SSSR count). The zero-order valence-electron chi connectivity index (χ0n) is 13.3. The number of carbonyl (C=O) groups is 2. The molecule has 1 aromatic carbocycles. The van der Waals surface area contributed by atoms with Gasteiger partial charge in [0.15, 0.2) is 16.7 Å². The van der Waals surface area contributed by atoms with Gasteiger partial charge in [-0.05, 0) is 30.5 Å². The summed E-state index contributed by atoms with van der Waals surface area (Å²) in [4.78, 5) is 22.5. The molecule has 0 saturated carbocycles. The number of nitrogens with zero attached hydrogens (tertiary/aromatic N) is 1. The third kappa shape index (κ3) is 4.44. The second-order valence-electron chi connectivity index (χ2n) is 5.52. The molecule has 2 aliphatic rings. The first-order valence-corrected chi connectivity index (χ1v) is 8.48. The Bertz CT molecular complexity index is 749. The van der Waals surface area contributed by atoms with Crippen molar-refractivity contribution in [3.63, 3.8) is 0 Å². The lowest BCUT2D eigenvalue weighted by molar-refractivity contribution is -0.138. The van der Waals surface area contributed by atoms with Gasteiger partial charge in [0.25, 0.3) is 0 Å². The number of amidine groups is 1. The molecule has 1 amide bonds. The monoisotopic (exact) mass is 363 g/mol. The van der Waals surface area contributed by atoms with Gasteiger partial charge in [-0.3, -0.25) is 15.0 Å². The van der Waals surface area contributed by atoms with Gasteiger partial charge in [-0.15, -0.1) is 0 Å². The Morgan fingerprint density at radius 1 is 1.44 bits per heavy atom. The molecule has 3 N–H and O–H groups in total. The second-order valence-corrected chi connectivity index (χ2v) is 6.71. The highest BCUT2D eigenvalue weighted by Crippen LogP contribution is 2.32. The first-order chi connectivity index (χ1) is 12.0. The molecule has 0 bridgehead atoms. The van der Waals surface area contributed by atoms with Crippen molar-refractivity contribution in [2.75, 3.05) is 6.79 Å². The number of thioether (sulfide) groups is 1. The fraction of sp³-hybridized carbons (Fsp3) is 0.312. The van der Waals surface area contributed by atoms with Crippen LogP contribution in [-0.4, -0.2) is 34.2 Å². The number of amides is 1. The number of aliphatic carboxylic acids is 1. The van der Waals surface area contributed by atoms with E-state index in [0.717, 1.165) is 35.2 Å². The fourth-order valence-electron chi connectivity index (χ4n) is 2.31. The molecular formula is C16H17N3O5S. The highest BCUT2D eigenvalue weighted by atomic mass is 32.2. The number of carbonyl (C=O) groups excluding carboxylic acids is 1. The Morgan fingerprint density at radius 3 is 3.04 bits per heavy atom. The number of nitrogens with one attached hydrogen (secondary N) is 2. The lowest BCUT2D eigenvalue weighted by atomic mass is 10.1. The van der Waals surface area contributed by atoms with E-state index in [1.165, 1.54) is 0 Å². The molecule has 1 fully saturated rings. The van der Waals surface area contributed by atoms with Crippen LogP contribution in [0.25, 0.3) is 0 Å². The van der Waals surface area contributed by atoms with Crippen molar-refractivity contribution in [2.45, 2.75) is 24.5 Å². The molecule has 8 nitrogen and oxygen atoms in total. The van der Waals surface area contributed by atoms with Crippen LogP contribution in [0.5, 0.6) is 11.5 Å². The number of hydrogen-bond donors (Lipinski definition) is 3. The molecule has 1 aromatic rings. The van der Waals surface area contributed by atoms with Crippen LogP contribution >= 0.6 is 11.8 Å². The summed E-state index contributed by atoms with van der Waals surface area (Å²) in [6.07, 6.45) is 1.28. The molecule has 1 saturated heterocycles. The van der Waals surface area contributed by atoms with Crippen molar-refractivity contribution < 1.29 is 24.2 Å². The largest absolute Gasteiger partial charge is 0.480 e. The standard InChI is InChI=1S/C16H17N3O5S/c1-9(2-3-10-4-5-11-12(6-10)24-8-23-11)18-19-16-17-14(20)7-13(25-16)15(21)22/h4-6,13,18H,1-3,7-8H2,(H,21,22)(H,17,19,20). The van der Waals surface area contributed by atoms with E-state index in [2.05, 4.69) is 22.4 Å². The Balaban J connectivity index is 1.50. The van der Waals surface area contributed by atoms with Crippen molar-refractivity contribution >= 4 is 28.8 Å². The molecule has 0 aliphatic carbocycles. The number of rotatable bonds is 6. The summed E-state index contributed by atoms with van der Waals surface area (Å²) in [6.45, 7) is 4.13. The molecule has 1 atom stereocenters. The van der Waals surface area contributed by atoms with E-state index in [-0.39, 0.29) is 24.3 Å². The Morgan fingerprint density at radius 2 is 2.24 bits per heavy atom. The van der Waals surface area contributed by atoms with Crippen molar-refractivity contribution in [3.05, 3.63) is 36.0 Å². The Hall–Kier alpha value is -2.68. The van der Waals surface area contributed by atoms with E-state index in [1.807, 2.05) is 18.2 Å². The number of aryl methyl sites for hydroxylation is 1. The number of allylic oxidation sites excluding steroid dienone is 1. The number of carboxylic acid groups (broad SMARTS) is 1. The summed E-state index contributed by atoms with van der Waals surface area (Å²) in [5.74, 6) is 0.0781. The van der Waals surface area contributed by atoms with Crippen LogP contribution in [0, 0.1) is 0 Å². The number of fused-ring (bicyclic) bond motifs is 1. The first-order valence-electron chi connectivity index (χ1n) is 7.60. The van der Waals surface area contributed by atoms with Crippen LogP contribution in [0.3, 0.4) is 0 Å². The smallest absolute Gasteiger partial charge is 0.317 e. The molecule has 25 heavy (non-hydrogen) atoms. The highest BCUT2D eigenvalue weighted by molar-refractivity contribution is 8.15. The average Bonchev–Trinajstić information content (AvgIpc) is 3.05. The molecule has 132 valence electrons. The van der Waals surface area contributed by atoms with Crippen LogP contribution in [0.2, 0.25) is 0 Å². The predicted octanol–water partition coefficient (Wildman–Crippen LogP) is 1.43. The van der Waals surface area contributed by atoms with E-state index >= 15 is 0 Å². The molecule has 1 unspecified atom stereocenters. The summed E-state index contributed by atoms with van der Waals surface area (Å²) < 4.78 is 10.6. The summed E-state index contributed by atoms with van der Waals surface area (Å²) >= 11 is 0.998.